The van der Waals surface area contributed by atoms with Crippen LogP contribution in [0.25, 0.3) is 0 Å². The number of hydrogen-bond donors (Lipinski definition) is 2. The van der Waals surface area contributed by atoms with Gasteiger partial charge in [0.2, 0.25) is 5.54 Å². The predicted octanol–water partition coefficient (Wildman–Crippen LogP) is 5.33. The maximum absolute atomic E-state index is 12.0. The lowest BCUT2D eigenvalue weighted by Gasteiger charge is -2.22. The molecule has 0 bridgehead atoms. The van der Waals surface area contributed by atoms with Crippen LogP contribution in [-0.4, -0.2) is 72.1 Å². The van der Waals surface area contributed by atoms with E-state index in [0.29, 0.717) is 51.0 Å². The van der Waals surface area contributed by atoms with E-state index in [9.17, 15) is 29.3 Å². The molecule has 0 saturated carbocycles. The first-order chi connectivity index (χ1) is 19.1. The summed E-state index contributed by atoms with van der Waals surface area (Å²) in [5, 5.41) is 16.3. The molecule has 0 aromatic heterocycles. The number of ether oxygens (including phenoxy) is 4. The van der Waals surface area contributed by atoms with Crippen molar-refractivity contribution in [3.8, 4) is 0 Å². The molecule has 244 valence electrons. The molecule has 0 aromatic rings. The summed E-state index contributed by atoms with van der Waals surface area (Å²) < 4.78 is 20.0. The lowest BCUT2D eigenvalue weighted by molar-refractivity contribution is -0.562. The molecule has 0 aromatic carbocycles. The van der Waals surface area contributed by atoms with Gasteiger partial charge in [0.05, 0.1) is 19.1 Å². The molecule has 0 aliphatic carbocycles. The summed E-state index contributed by atoms with van der Waals surface area (Å²) in [5.74, 6) is -1.40. The molecule has 13 nitrogen and oxygen atoms in total. The van der Waals surface area contributed by atoms with Gasteiger partial charge in [0.25, 0.3) is 0 Å². The van der Waals surface area contributed by atoms with Crippen molar-refractivity contribution in [3.05, 3.63) is 22.3 Å². The first-order valence-corrected chi connectivity index (χ1v) is 14.2. The van der Waals surface area contributed by atoms with Crippen molar-refractivity contribution in [1.82, 2.24) is 10.6 Å². The molecule has 42 heavy (non-hydrogen) atoms. The van der Waals surface area contributed by atoms with Gasteiger partial charge in [-0.2, -0.15) is 0 Å². The number of esters is 2. The van der Waals surface area contributed by atoms with Crippen LogP contribution in [0.4, 0.5) is 9.59 Å². The Hall–Kier alpha value is -3.38. The Morgan fingerprint density at radius 3 is 1.67 bits per heavy atom. The van der Waals surface area contributed by atoms with E-state index in [1.54, 1.807) is 55.4 Å². The molecule has 13 heteroatoms. The van der Waals surface area contributed by atoms with E-state index in [-0.39, 0.29) is 19.0 Å². The zero-order valence-electron chi connectivity index (χ0n) is 27.2. The Labute approximate surface area is 250 Å². The number of amides is 2. The van der Waals surface area contributed by atoms with Crippen molar-refractivity contribution in [3.63, 3.8) is 0 Å². The molecule has 0 aliphatic heterocycles. The van der Waals surface area contributed by atoms with Gasteiger partial charge >= 0.3 is 24.1 Å². The average molecular weight is 604 g/mol. The van der Waals surface area contributed by atoms with Crippen LogP contribution >= 0.6 is 0 Å². The molecule has 0 heterocycles. The quantitative estimate of drug-likeness (QED) is 0.0622. The monoisotopic (exact) mass is 603 g/mol. The van der Waals surface area contributed by atoms with Crippen LogP contribution in [0.2, 0.25) is 0 Å². The van der Waals surface area contributed by atoms with Crippen molar-refractivity contribution < 1.29 is 43.0 Å². The Balaban J connectivity index is 0. The molecule has 1 atom stereocenters. The fourth-order valence-electron chi connectivity index (χ4n) is 3.24. The summed E-state index contributed by atoms with van der Waals surface area (Å²) in [5.41, 5.74) is -1.87. The second-order valence-electron chi connectivity index (χ2n) is 12.1. The van der Waals surface area contributed by atoms with Crippen LogP contribution in [0.15, 0.2) is 12.2 Å². The van der Waals surface area contributed by atoms with E-state index in [1.807, 2.05) is 0 Å². The van der Waals surface area contributed by atoms with Gasteiger partial charge in [-0.25, -0.2) is 14.4 Å². The van der Waals surface area contributed by atoms with Crippen LogP contribution in [0.5, 0.6) is 0 Å². The molecule has 0 radical (unpaired) electrons. The van der Waals surface area contributed by atoms with Crippen LogP contribution in [0.1, 0.15) is 101 Å². The largest absolute Gasteiger partial charge is 0.466 e. The van der Waals surface area contributed by atoms with Crippen molar-refractivity contribution in [2.75, 3.05) is 26.3 Å². The summed E-state index contributed by atoms with van der Waals surface area (Å²) in [4.78, 5) is 56.7. The highest BCUT2D eigenvalue weighted by molar-refractivity contribution is 5.87. The fraction of sp³-hybridized carbons (Fsp3) is 0.793. The maximum Gasteiger partial charge on any atom is 0.407 e. The van der Waals surface area contributed by atoms with Gasteiger partial charge in [-0.15, -0.1) is 0 Å². The van der Waals surface area contributed by atoms with Crippen LogP contribution in [0, 0.1) is 16.0 Å². The van der Waals surface area contributed by atoms with Crippen LogP contribution < -0.4 is 10.6 Å². The number of carbonyl (C=O) groups is 4. The zero-order chi connectivity index (χ0) is 33.1. The molecule has 2 N–H and O–H groups in total. The third kappa shape index (κ3) is 22.3. The summed E-state index contributed by atoms with van der Waals surface area (Å²) in [6.07, 6.45) is 1.12. The first kappa shape index (κ1) is 40.8. The summed E-state index contributed by atoms with van der Waals surface area (Å²) >= 11 is 0. The van der Waals surface area contributed by atoms with E-state index in [1.165, 1.54) is 13.8 Å². The standard InChI is InChI=1S/C16H30N2O6.C13H23NO4/c1-7-23-13(19)12(11-16(5,6)18(21)22)9-8-10-17-14(20)24-15(2,3)4;1-6-17-11(15)10(2)8-7-9-14-12(16)18-13(3,4)5/h12H,7-11H2,1-6H3,(H,17,20);2,6-9H2,1,3-5H3,(H,14,16). The molecule has 2 amide bonds. The number of rotatable bonds is 15. The second-order valence-corrected chi connectivity index (χ2v) is 12.1. The summed E-state index contributed by atoms with van der Waals surface area (Å²) in [6, 6.07) is 0. The number of carbonyl (C=O) groups excluding carboxylic acids is 4. The summed E-state index contributed by atoms with van der Waals surface area (Å²) in [6.45, 7) is 22.1. The van der Waals surface area contributed by atoms with Crippen LogP contribution in [-0.2, 0) is 28.5 Å². The molecule has 0 spiro atoms. The molecular weight excluding hydrogens is 550 g/mol. The summed E-state index contributed by atoms with van der Waals surface area (Å²) in [7, 11) is 0. The minimum absolute atomic E-state index is 0.0886. The fourth-order valence-corrected chi connectivity index (χ4v) is 3.24. The number of nitrogens with zero attached hydrogens (tertiary/aromatic N) is 1. The Morgan fingerprint density at radius 1 is 0.810 bits per heavy atom. The van der Waals surface area contributed by atoms with E-state index < -0.39 is 45.7 Å². The number of nitrogens with one attached hydrogen (secondary N) is 2. The molecule has 0 fully saturated rings. The van der Waals surface area contributed by atoms with Crippen molar-refractivity contribution >= 4 is 24.1 Å². The minimum atomic E-state index is -1.21. The van der Waals surface area contributed by atoms with Crippen molar-refractivity contribution in [1.29, 1.82) is 0 Å². The van der Waals surface area contributed by atoms with Crippen LogP contribution in [0.3, 0.4) is 0 Å². The number of nitro groups is 1. The second kappa shape index (κ2) is 19.7. The average Bonchev–Trinajstić information content (AvgIpc) is 2.82. The van der Waals surface area contributed by atoms with E-state index in [2.05, 4.69) is 17.2 Å². The topological polar surface area (TPSA) is 172 Å². The Kier molecular flexibility index (Phi) is 19.1. The lowest BCUT2D eigenvalue weighted by Crippen LogP contribution is -2.37. The molecular formula is C29H53N3O10. The maximum atomic E-state index is 12.0. The molecule has 0 rings (SSSR count). The normalized spacial score (nSPS) is 12.0. The third-order valence-electron chi connectivity index (χ3n) is 5.15. The predicted molar refractivity (Wildman–Crippen MR) is 159 cm³/mol. The first-order valence-electron chi connectivity index (χ1n) is 14.2. The molecule has 0 aliphatic rings. The zero-order valence-corrected chi connectivity index (χ0v) is 27.2. The van der Waals surface area contributed by atoms with Crippen molar-refractivity contribution in [2.24, 2.45) is 5.92 Å². The molecule has 0 saturated heterocycles. The van der Waals surface area contributed by atoms with Gasteiger partial charge in [-0.1, -0.05) is 6.58 Å². The third-order valence-corrected chi connectivity index (χ3v) is 5.15. The Morgan fingerprint density at radius 2 is 1.26 bits per heavy atom. The smallest absolute Gasteiger partial charge is 0.407 e. The lowest BCUT2D eigenvalue weighted by atomic mass is 9.88. The number of hydrogen-bond acceptors (Lipinski definition) is 10. The van der Waals surface area contributed by atoms with Gasteiger partial charge in [0.15, 0.2) is 0 Å². The SMILES string of the molecule is C=C(CCCNC(=O)OC(C)(C)C)C(=O)OCC.CCOC(=O)C(CCCNC(=O)OC(C)(C)C)CC(C)(C)[N+](=O)[O-]. The van der Waals surface area contributed by atoms with Crippen molar-refractivity contribution in [2.45, 2.75) is 118 Å². The highest BCUT2D eigenvalue weighted by Crippen LogP contribution is 2.24. The van der Waals surface area contributed by atoms with Gasteiger partial charge in [0, 0.05) is 43.9 Å². The van der Waals surface area contributed by atoms with E-state index in [0.717, 1.165) is 0 Å². The van der Waals surface area contributed by atoms with Gasteiger partial charge in [-0.05, 0) is 81.1 Å². The van der Waals surface area contributed by atoms with E-state index >= 15 is 0 Å². The number of alkyl carbamates (subject to hydrolysis) is 2. The van der Waals surface area contributed by atoms with Gasteiger partial charge in [-0.3, -0.25) is 14.9 Å². The van der Waals surface area contributed by atoms with Gasteiger partial charge < -0.3 is 29.6 Å². The Bertz CT molecular complexity index is 889. The highest BCUT2D eigenvalue weighted by Gasteiger charge is 2.37. The van der Waals surface area contributed by atoms with E-state index in [4.69, 9.17) is 18.9 Å². The van der Waals surface area contributed by atoms with Gasteiger partial charge in [0.1, 0.15) is 11.2 Å². The highest BCUT2D eigenvalue weighted by atomic mass is 16.6. The molecule has 1 unspecified atom stereocenters. The minimum Gasteiger partial charge on any atom is -0.466 e.